The van der Waals surface area contributed by atoms with Crippen molar-refractivity contribution in [3.05, 3.63) is 54.7 Å². The molecule has 0 bridgehead atoms. The van der Waals surface area contributed by atoms with Crippen molar-refractivity contribution in [3.63, 3.8) is 0 Å². The number of para-hydroxylation sites is 2. The fourth-order valence-corrected chi connectivity index (χ4v) is 6.81. The summed E-state index contributed by atoms with van der Waals surface area (Å²) in [6.07, 6.45) is 3.14. The lowest BCUT2D eigenvalue weighted by atomic mass is 10.2. The molecule has 3 aromatic rings. The van der Waals surface area contributed by atoms with Gasteiger partial charge in [-0.05, 0) is 50.7 Å². The topological polar surface area (TPSA) is 88.6 Å². The van der Waals surface area contributed by atoms with Gasteiger partial charge in [-0.1, -0.05) is 19.1 Å². The largest absolute Gasteiger partial charge is 0.495 e. The number of rotatable bonds is 9. The van der Waals surface area contributed by atoms with Gasteiger partial charge < -0.3 is 29.6 Å². The number of ether oxygens (including phenoxy) is 2. The smallest absolute Gasteiger partial charge is 0.155 e. The van der Waals surface area contributed by atoms with Crippen molar-refractivity contribution in [1.82, 2.24) is 15.1 Å². The Morgan fingerprint density at radius 2 is 1.77 bits per heavy atom. The molecule has 2 aromatic carbocycles. The summed E-state index contributed by atoms with van der Waals surface area (Å²) in [4.78, 5) is 2.34. The third-order valence-electron chi connectivity index (χ3n) is 6.10. The van der Waals surface area contributed by atoms with Crippen LogP contribution in [0.5, 0.6) is 11.5 Å². The standard InChI is InChI=1S/C26H34N5O3P/c1-5-31-12-14-35(32,15-13-31)21-10-11-23(25(17-21)33-4)29-26-16-20(18-27-30-26)28-22-8-6-7-9-24(22)34-19(2)3/h6-11,16-19H,5,12-15H2,1-4H3,(H2,28,29,30). The molecule has 1 aromatic heterocycles. The van der Waals surface area contributed by atoms with Crippen LogP contribution in [0.3, 0.4) is 0 Å². The van der Waals surface area contributed by atoms with Crippen LogP contribution in [0.4, 0.5) is 22.9 Å². The molecule has 0 aliphatic carbocycles. The molecule has 2 N–H and O–H groups in total. The van der Waals surface area contributed by atoms with Gasteiger partial charge in [-0.15, -0.1) is 5.10 Å². The van der Waals surface area contributed by atoms with Gasteiger partial charge in [0.15, 0.2) is 5.82 Å². The van der Waals surface area contributed by atoms with E-state index in [1.54, 1.807) is 13.3 Å². The van der Waals surface area contributed by atoms with Crippen molar-refractivity contribution in [2.45, 2.75) is 26.9 Å². The third-order valence-corrected chi connectivity index (χ3v) is 9.17. The van der Waals surface area contributed by atoms with E-state index in [4.69, 9.17) is 9.47 Å². The zero-order chi connectivity index (χ0) is 24.8. The van der Waals surface area contributed by atoms with E-state index in [-0.39, 0.29) is 6.10 Å². The lowest BCUT2D eigenvalue weighted by molar-refractivity contribution is 0.244. The second-order valence-electron chi connectivity index (χ2n) is 8.90. The molecule has 1 aliphatic heterocycles. The fourth-order valence-electron chi connectivity index (χ4n) is 4.16. The van der Waals surface area contributed by atoms with Gasteiger partial charge in [-0.25, -0.2) is 0 Å². The summed E-state index contributed by atoms with van der Waals surface area (Å²) < 4.78 is 25.1. The molecule has 0 unspecified atom stereocenters. The number of methoxy groups -OCH3 is 1. The van der Waals surface area contributed by atoms with Crippen LogP contribution in [-0.4, -0.2) is 60.3 Å². The second-order valence-corrected chi connectivity index (χ2v) is 12.1. The first-order valence-corrected chi connectivity index (χ1v) is 14.1. The number of benzene rings is 2. The highest BCUT2D eigenvalue weighted by atomic mass is 31.2. The number of anilines is 4. The molecule has 1 fully saturated rings. The van der Waals surface area contributed by atoms with Gasteiger partial charge in [0.05, 0.1) is 36.5 Å². The highest BCUT2D eigenvalue weighted by Gasteiger charge is 2.30. The van der Waals surface area contributed by atoms with Crippen LogP contribution >= 0.6 is 7.14 Å². The van der Waals surface area contributed by atoms with Crippen molar-refractivity contribution in [3.8, 4) is 11.5 Å². The Kier molecular flexibility index (Phi) is 7.93. The number of nitrogens with one attached hydrogen (secondary N) is 2. The van der Waals surface area contributed by atoms with E-state index in [0.717, 1.165) is 47.8 Å². The number of aromatic nitrogens is 2. The summed E-state index contributed by atoms with van der Waals surface area (Å²) in [5, 5.41) is 15.9. The van der Waals surface area contributed by atoms with Gasteiger partial charge in [0.2, 0.25) is 0 Å². The van der Waals surface area contributed by atoms with Crippen LogP contribution in [0.1, 0.15) is 20.8 Å². The first kappa shape index (κ1) is 25.0. The van der Waals surface area contributed by atoms with Crippen LogP contribution in [0.25, 0.3) is 0 Å². The predicted octanol–water partition coefficient (Wildman–Crippen LogP) is 5.08. The second kappa shape index (κ2) is 11.1. The first-order valence-electron chi connectivity index (χ1n) is 12.0. The third kappa shape index (κ3) is 6.13. The number of nitrogens with zero attached hydrogens (tertiary/aromatic N) is 3. The summed E-state index contributed by atoms with van der Waals surface area (Å²) in [6.45, 7) is 8.88. The van der Waals surface area contributed by atoms with E-state index in [2.05, 4.69) is 32.7 Å². The molecule has 0 atom stereocenters. The molecule has 0 radical (unpaired) electrons. The predicted molar refractivity (Wildman–Crippen MR) is 143 cm³/mol. The van der Waals surface area contributed by atoms with Gasteiger partial charge in [0.1, 0.15) is 18.6 Å². The van der Waals surface area contributed by atoms with Gasteiger partial charge in [-0.2, -0.15) is 5.10 Å². The molecule has 8 nitrogen and oxygen atoms in total. The summed E-state index contributed by atoms with van der Waals surface area (Å²) in [5.74, 6) is 1.96. The van der Waals surface area contributed by atoms with Crippen molar-refractivity contribution in [2.24, 2.45) is 0 Å². The van der Waals surface area contributed by atoms with E-state index >= 15 is 0 Å². The van der Waals surface area contributed by atoms with Crippen molar-refractivity contribution in [1.29, 1.82) is 0 Å². The molecule has 0 saturated carbocycles. The molecule has 1 saturated heterocycles. The van der Waals surface area contributed by atoms with Crippen LogP contribution < -0.4 is 25.4 Å². The maximum atomic E-state index is 13.6. The lowest BCUT2D eigenvalue weighted by Crippen LogP contribution is -2.36. The molecule has 9 heteroatoms. The highest BCUT2D eigenvalue weighted by molar-refractivity contribution is 7.71. The molecule has 186 valence electrons. The fraction of sp³-hybridized carbons (Fsp3) is 0.385. The molecule has 35 heavy (non-hydrogen) atoms. The Bertz CT molecular complexity index is 1190. The van der Waals surface area contributed by atoms with Gasteiger partial charge in [-0.3, -0.25) is 0 Å². The highest BCUT2D eigenvalue weighted by Crippen LogP contribution is 2.47. The van der Waals surface area contributed by atoms with E-state index in [0.29, 0.717) is 23.9 Å². The summed E-state index contributed by atoms with van der Waals surface area (Å²) in [5.41, 5.74) is 2.36. The van der Waals surface area contributed by atoms with Crippen molar-refractivity contribution < 1.29 is 14.0 Å². The van der Waals surface area contributed by atoms with E-state index in [9.17, 15) is 4.57 Å². The Labute approximate surface area is 207 Å². The number of hydrogen-bond acceptors (Lipinski definition) is 8. The van der Waals surface area contributed by atoms with Crippen LogP contribution in [0.15, 0.2) is 54.7 Å². The minimum atomic E-state index is -2.42. The molecule has 0 spiro atoms. The Hall–Kier alpha value is -3.09. The molecule has 2 heterocycles. The van der Waals surface area contributed by atoms with E-state index in [1.807, 2.05) is 62.4 Å². The van der Waals surface area contributed by atoms with Crippen molar-refractivity contribution in [2.75, 3.05) is 49.7 Å². The normalized spacial score (nSPS) is 15.6. The molecular formula is C26H34N5O3P. The Morgan fingerprint density at radius 3 is 2.49 bits per heavy atom. The van der Waals surface area contributed by atoms with Crippen LogP contribution in [0, 0.1) is 0 Å². The van der Waals surface area contributed by atoms with Gasteiger partial charge >= 0.3 is 0 Å². The maximum absolute atomic E-state index is 13.6. The minimum absolute atomic E-state index is 0.0658. The monoisotopic (exact) mass is 495 g/mol. The molecule has 1 aliphatic rings. The summed E-state index contributed by atoms with van der Waals surface area (Å²) in [7, 11) is -0.800. The van der Waals surface area contributed by atoms with Gasteiger partial charge in [0, 0.05) is 36.8 Å². The Morgan fingerprint density at radius 1 is 1.03 bits per heavy atom. The molecule has 0 amide bonds. The maximum Gasteiger partial charge on any atom is 0.155 e. The van der Waals surface area contributed by atoms with Crippen LogP contribution in [0.2, 0.25) is 0 Å². The van der Waals surface area contributed by atoms with E-state index < -0.39 is 7.14 Å². The SMILES string of the molecule is CCN1CCP(=O)(c2ccc(Nc3cc(Nc4ccccc4OC(C)C)cnn3)c(OC)c2)CC1. The average molecular weight is 496 g/mol. The Balaban J connectivity index is 1.51. The number of hydrogen-bond donors (Lipinski definition) is 2. The van der Waals surface area contributed by atoms with Crippen molar-refractivity contribution >= 4 is 35.3 Å². The van der Waals surface area contributed by atoms with Crippen LogP contribution in [-0.2, 0) is 4.57 Å². The average Bonchev–Trinajstić information content (AvgIpc) is 2.86. The minimum Gasteiger partial charge on any atom is -0.495 e. The molecule has 4 rings (SSSR count). The zero-order valence-corrected chi connectivity index (χ0v) is 21.7. The lowest BCUT2D eigenvalue weighted by Gasteiger charge is -2.31. The summed E-state index contributed by atoms with van der Waals surface area (Å²) in [6, 6.07) is 15.4. The molecular weight excluding hydrogens is 461 g/mol. The van der Waals surface area contributed by atoms with E-state index in [1.165, 1.54) is 0 Å². The first-order chi connectivity index (χ1) is 16.9. The van der Waals surface area contributed by atoms with Gasteiger partial charge in [0.25, 0.3) is 0 Å². The quantitative estimate of drug-likeness (QED) is 0.397. The summed E-state index contributed by atoms with van der Waals surface area (Å²) >= 11 is 0. The zero-order valence-electron chi connectivity index (χ0n) is 20.8.